The predicted molar refractivity (Wildman–Crippen MR) is 81.2 cm³/mol. The van der Waals surface area contributed by atoms with Crippen LogP contribution in [0.1, 0.15) is 16.8 Å². The molecule has 1 aliphatic rings. The van der Waals surface area contributed by atoms with E-state index in [2.05, 4.69) is 15.1 Å². The summed E-state index contributed by atoms with van der Waals surface area (Å²) in [5.41, 5.74) is 1.55. The second-order valence-corrected chi connectivity index (χ2v) is 5.24. The van der Waals surface area contributed by atoms with Crippen LogP contribution in [-0.2, 0) is 0 Å². The molecule has 0 bridgehead atoms. The van der Waals surface area contributed by atoms with Crippen molar-refractivity contribution in [1.82, 2.24) is 15.1 Å². The van der Waals surface area contributed by atoms with E-state index in [0.717, 1.165) is 25.2 Å². The van der Waals surface area contributed by atoms with Crippen molar-refractivity contribution >= 4 is 11.6 Å². The summed E-state index contributed by atoms with van der Waals surface area (Å²) in [6, 6.07) is 8.16. The predicted octanol–water partition coefficient (Wildman–Crippen LogP) is 1.97. The molecule has 0 saturated carbocycles. The Morgan fingerprint density at radius 2 is 1.82 bits per heavy atom. The molecule has 0 unspecified atom stereocenters. The van der Waals surface area contributed by atoms with Crippen molar-refractivity contribution in [3.8, 4) is 0 Å². The van der Waals surface area contributed by atoms with Gasteiger partial charge >= 0.3 is 0 Å². The Morgan fingerprint density at radius 3 is 2.55 bits per heavy atom. The van der Waals surface area contributed by atoms with Crippen molar-refractivity contribution in [2.24, 2.45) is 0 Å². The fraction of sp³-hybridized carbons (Fsp3) is 0.312. The van der Waals surface area contributed by atoms with Gasteiger partial charge in [0.25, 0.3) is 5.91 Å². The Labute approximate surface area is 128 Å². The topological polar surface area (TPSA) is 49.3 Å². The SMILES string of the molecule is O=C(c1ccnnc1)N1CCCN(c2ccc(F)cc2)CC1. The molecule has 0 N–H and O–H groups in total. The van der Waals surface area contributed by atoms with Gasteiger partial charge in [0, 0.05) is 31.9 Å². The van der Waals surface area contributed by atoms with E-state index < -0.39 is 0 Å². The van der Waals surface area contributed by atoms with Gasteiger partial charge in [-0.05, 0) is 36.8 Å². The van der Waals surface area contributed by atoms with Crippen LogP contribution >= 0.6 is 0 Å². The van der Waals surface area contributed by atoms with Crippen molar-refractivity contribution in [2.75, 3.05) is 31.1 Å². The normalized spacial score (nSPS) is 15.5. The van der Waals surface area contributed by atoms with Crippen molar-refractivity contribution in [3.05, 3.63) is 54.1 Å². The fourth-order valence-electron chi connectivity index (χ4n) is 2.63. The molecule has 0 radical (unpaired) electrons. The molecule has 22 heavy (non-hydrogen) atoms. The summed E-state index contributed by atoms with van der Waals surface area (Å²) < 4.78 is 13.0. The number of carbonyl (C=O) groups is 1. The Morgan fingerprint density at radius 1 is 1.00 bits per heavy atom. The van der Waals surface area contributed by atoms with Crippen LogP contribution in [0.5, 0.6) is 0 Å². The summed E-state index contributed by atoms with van der Waals surface area (Å²) in [7, 11) is 0. The Balaban J connectivity index is 1.67. The Bertz CT molecular complexity index is 632. The molecule has 0 atom stereocenters. The molecular weight excluding hydrogens is 283 g/mol. The van der Waals surface area contributed by atoms with Gasteiger partial charge in [-0.2, -0.15) is 10.2 Å². The van der Waals surface area contributed by atoms with Gasteiger partial charge in [-0.1, -0.05) is 0 Å². The molecule has 1 aliphatic heterocycles. The van der Waals surface area contributed by atoms with Crippen LogP contribution in [0, 0.1) is 5.82 Å². The number of anilines is 1. The van der Waals surface area contributed by atoms with E-state index in [1.54, 1.807) is 18.2 Å². The average molecular weight is 300 g/mol. The average Bonchev–Trinajstić information content (AvgIpc) is 2.82. The van der Waals surface area contributed by atoms with Crippen LogP contribution in [-0.4, -0.2) is 47.2 Å². The van der Waals surface area contributed by atoms with Crippen LogP contribution in [0.15, 0.2) is 42.7 Å². The molecule has 5 nitrogen and oxygen atoms in total. The number of aromatic nitrogens is 2. The van der Waals surface area contributed by atoms with Gasteiger partial charge in [0.2, 0.25) is 0 Å². The van der Waals surface area contributed by atoms with Crippen molar-refractivity contribution in [2.45, 2.75) is 6.42 Å². The molecule has 2 aromatic rings. The largest absolute Gasteiger partial charge is 0.370 e. The van der Waals surface area contributed by atoms with Crippen LogP contribution < -0.4 is 4.90 Å². The lowest BCUT2D eigenvalue weighted by Crippen LogP contribution is -2.35. The molecule has 114 valence electrons. The zero-order valence-corrected chi connectivity index (χ0v) is 12.2. The molecule has 2 heterocycles. The zero-order valence-electron chi connectivity index (χ0n) is 12.2. The first-order chi connectivity index (χ1) is 10.7. The molecule has 1 saturated heterocycles. The lowest BCUT2D eigenvalue weighted by atomic mass is 10.2. The summed E-state index contributed by atoms with van der Waals surface area (Å²) in [5, 5.41) is 7.44. The Hall–Kier alpha value is -2.50. The Kier molecular flexibility index (Phi) is 4.27. The van der Waals surface area contributed by atoms with E-state index in [0.29, 0.717) is 18.7 Å². The maximum Gasteiger partial charge on any atom is 0.255 e. The fourth-order valence-corrected chi connectivity index (χ4v) is 2.63. The summed E-state index contributed by atoms with van der Waals surface area (Å²) in [4.78, 5) is 16.4. The third kappa shape index (κ3) is 3.21. The summed E-state index contributed by atoms with van der Waals surface area (Å²) in [6.07, 6.45) is 3.89. The number of amides is 1. The number of halogens is 1. The van der Waals surface area contributed by atoms with Crippen LogP contribution in [0.3, 0.4) is 0 Å². The van der Waals surface area contributed by atoms with E-state index in [9.17, 15) is 9.18 Å². The number of benzene rings is 1. The van der Waals surface area contributed by atoms with Gasteiger partial charge in [0.1, 0.15) is 5.82 Å². The first-order valence-corrected chi connectivity index (χ1v) is 7.30. The van der Waals surface area contributed by atoms with Gasteiger partial charge in [-0.3, -0.25) is 4.79 Å². The first kappa shape index (κ1) is 14.4. The summed E-state index contributed by atoms with van der Waals surface area (Å²) >= 11 is 0. The molecule has 1 fully saturated rings. The molecule has 6 heteroatoms. The van der Waals surface area contributed by atoms with E-state index in [1.165, 1.54) is 24.5 Å². The monoisotopic (exact) mass is 300 g/mol. The van der Waals surface area contributed by atoms with Gasteiger partial charge in [0.05, 0.1) is 18.0 Å². The number of hydrogen-bond acceptors (Lipinski definition) is 4. The second-order valence-electron chi connectivity index (χ2n) is 5.24. The molecular formula is C16H17FN4O. The third-order valence-electron chi connectivity index (χ3n) is 3.81. The van der Waals surface area contributed by atoms with E-state index in [-0.39, 0.29) is 11.7 Å². The van der Waals surface area contributed by atoms with Crippen molar-refractivity contribution in [1.29, 1.82) is 0 Å². The van der Waals surface area contributed by atoms with E-state index in [4.69, 9.17) is 0 Å². The highest BCUT2D eigenvalue weighted by atomic mass is 19.1. The minimum absolute atomic E-state index is 0.0177. The summed E-state index contributed by atoms with van der Waals surface area (Å²) in [5.74, 6) is -0.253. The highest BCUT2D eigenvalue weighted by Gasteiger charge is 2.20. The molecule has 1 aromatic heterocycles. The standard InChI is InChI=1S/C16H17FN4O/c17-14-2-4-15(5-3-14)20-8-1-9-21(11-10-20)16(22)13-6-7-18-19-12-13/h2-7,12H,1,8-11H2. The van der Waals surface area contributed by atoms with Crippen LogP contribution in [0.2, 0.25) is 0 Å². The highest BCUT2D eigenvalue weighted by molar-refractivity contribution is 5.93. The number of carbonyl (C=O) groups excluding carboxylic acids is 1. The zero-order chi connectivity index (χ0) is 15.4. The number of hydrogen-bond donors (Lipinski definition) is 0. The van der Waals surface area contributed by atoms with Gasteiger partial charge in [-0.25, -0.2) is 4.39 Å². The second kappa shape index (κ2) is 6.51. The maximum atomic E-state index is 13.0. The smallest absolute Gasteiger partial charge is 0.255 e. The van der Waals surface area contributed by atoms with Gasteiger partial charge < -0.3 is 9.80 Å². The molecule has 1 aromatic carbocycles. The molecule has 0 spiro atoms. The molecule has 1 amide bonds. The third-order valence-corrected chi connectivity index (χ3v) is 3.81. The van der Waals surface area contributed by atoms with Crippen LogP contribution in [0.4, 0.5) is 10.1 Å². The van der Waals surface area contributed by atoms with Crippen LogP contribution in [0.25, 0.3) is 0 Å². The molecule has 0 aliphatic carbocycles. The van der Waals surface area contributed by atoms with E-state index in [1.807, 2.05) is 4.90 Å². The lowest BCUT2D eigenvalue weighted by Gasteiger charge is -2.23. The highest BCUT2D eigenvalue weighted by Crippen LogP contribution is 2.17. The van der Waals surface area contributed by atoms with E-state index >= 15 is 0 Å². The van der Waals surface area contributed by atoms with Crippen molar-refractivity contribution in [3.63, 3.8) is 0 Å². The maximum absolute atomic E-state index is 13.0. The first-order valence-electron chi connectivity index (χ1n) is 7.30. The van der Waals surface area contributed by atoms with Gasteiger partial charge in [0.15, 0.2) is 0 Å². The molecule has 3 rings (SSSR count). The van der Waals surface area contributed by atoms with Gasteiger partial charge in [-0.15, -0.1) is 0 Å². The quantitative estimate of drug-likeness (QED) is 0.851. The minimum Gasteiger partial charge on any atom is -0.370 e. The number of rotatable bonds is 2. The summed E-state index contributed by atoms with van der Waals surface area (Å²) in [6.45, 7) is 2.93. The minimum atomic E-state index is -0.236. The lowest BCUT2D eigenvalue weighted by molar-refractivity contribution is 0.0766. The van der Waals surface area contributed by atoms with Crippen molar-refractivity contribution < 1.29 is 9.18 Å². The number of nitrogens with zero attached hydrogens (tertiary/aromatic N) is 4.